The van der Waals surface area contributed by atoms with E-state index in [2.05, 4.69) is 25.3 Å². The monoisotopic (exact) mass is 335 g/mol. The van der Waals surface area contributed by atoms with Gasteiger partial charge in [0.2, 0.25) is 5.95 Å². The summed E-state index contributed by atoms with van der Waals surface area (Å²) in [6.07, 6.45) is 3.42. The van der Waals surface area contributed by atoms with Gasteiger partial charge < -0.3 is 10.3 Å². The summed E-state index contributed by atoms with van der Waals surface area (Å²) >= 11 is 6.10. The summed E-state index contributed by atoms with van der Waals surface area (Å²) in [5.41, 5.74) is 5.68. The highest BCUT2D eigenvalue weighted by Crippen LogP contribution is 2.24. The first-order valence-corrected chi connectivity index (χ1v) is 7.86. The number of fused-ring (bicyclic) bond motifs is 1. The fourth-order valence-corrected chi connectivity index (χ4v) is 2.90. The van der Waals surface area contributed by atoms with E-state index in [0.717, 1.165) is 33.5 Å². The van der Waals surface area contributed by atoms with Crippen LogP contribution in [0.25, 0.3) is 22.3 Å². The van der Waals surface area contributed by atoms with Crippen molar-refractivity contribution in [1.82, 2.24) is 19.9 Å². The number of nitrogens with one attached hydrogen (secondary N) is 2. The van der Waals surface area contributed by atoms with Crippen molar-refractivity contribution in [3.8, 4) is 11.3 Å². The first kappa shape index (κ1) is 14.7. The van der Waals surface area contributed by atoms with Crippen molar-refractivity contribution in [3.05, 3.63) is 65.6 Å². The third kappa shape index (κ3) is 2.94. The molecule has 0 amide bonds. The van der Waals surface area contributed by atoms with Crippen molar-refractivity contribution in [3.63, 3.8) is 0 Å². The molecule has 0 saturated carbocycles. The van der Waals surface area contributed by atoms with Crippen LogP contribution in [0.3, 0.4) is 0 Å². The molecule has 6 heteroatoms. The molecule has 0 aliphatic rings. The summed E-state index contributed by atoms with van der Waals surface area (Å²) in [5.74, 6) is 0.527. The average Bonchev–Trinajstić information content (AvgIpc) is 3.01. The van der Waals surface area contributed by atoms with Gasteiger partial charge in [0.05, 0.1) is 23.1 Å². The quantitative estimate of drug-likeness (QED) is 0.568. The number of nitrogens with zero attached hydrogens (tertiary/aromatic N) is 3. The van der Waals surface area contributed by atoms with Gasteiger partial charge in [0.15, 0.2) is 0 Å². The van der Waals surface area contributed by atoms with E-state index in [9.17, 15) is 0 Å². The average molecular weight is 336 g/mol. The van der Waals surface area contributed by atoms with Crippen molar-refractivity contribution < 1.29 is 0 Å². The van der Waals surface area contributed by atoms with Crippen molar-refractivity contribution in [2.45, 2.75) is 6.92 Å². The van der Waals surface area contributed by atoms with Crippen LogP contribution in [-0.2, 0) is 0 Å². The van der Waals surface area contributed by atoms with E-state index in [4.69, 9.17) is 11.6 Å². The van der Waals surface area contributed by atoms with Gasteiger partial charge in [0.25, 0.3) is 0 Å². The first-order chi connectivity index (χ1) is 11.7. The third-order valence-corrected chi connectivity index (χ3v) is 3.89. The molecule has 0 aliphatic heterocycles. The minimum absolute atomic E-state index is 0.527. The maximum atomic E-state index is 6.10. The van der Waals surface area contributed by atoms with E-state index in [1.807, 2.05) is 49.4 Å². The molecule has 0 unspecified atom stereocenters. The number of rotatable bonds is 3. The van der Waals surface area contributed by atoms with Crippen LogP contribution >= 0.6 is 11.6 Å². The normalized spacial score (nSPS) is 10.9. The van der Waals surface area contributed by atoms with Gasteiger partial charge in [0, 0.05) is 22.5 Å². The molecule has 0 fully saturated rings. The smallest absolute Gasteiger partial charge is 0.227 e. The zero-order chi connectivity index (χ0) is 16.5. The topological polar surface area (TPSA) is 66.5 Å². The van der Waals surface area contributed by atoms with Crippen LogP contribution < -0.4 is 5.32 Å². The van der Waals surface area contributed by atoms with Crippen molar-refractivity contribution >= 4 is 34.3 Å². The second kappa shape index (κ2) is 5.94. The lowest BCUT2D eigenvalue weighted by molar-refractivity contribution is 1.17. The van der Waals surface area contributed by atoms with Gasteiger partial charge in [-0.1, -0.05) is 17.7 Å². The molecule has 0 spiro atoms. The summed E-state index contributed by atoms with van der Waals surface area (Å²) in [6, 6.07) is 13.6. The summed E-state index contributed by atoms with van der Waals surface area (Å²) in [5, 5.41) is 3.88. The number of H-pyrrole nitrogens is 1. The second-order valence-electron chi connectivity index (χ2n) is 5.54. The Morgan fingerprint density at radius 1 is 1.04 bits per heavy atom. The Morgan fingerprint density at radius 2 is 1.96 bits per heavy atom. The number of hydrogen-bond acceptors (Lipinski definition) is 4. The predicted molar refractivity (Wildman–Crippen MR) is 96.6 cm³/mol. The lowest BCUT2D eigenvalue weighted by atomic mass is 10.1. The molecular formula is C18H14ClN5. The van der Waals surface area contributed by atoms with Crippen LogP contribution in [0, 0.1) is 6.92 Å². The molecule has 0 radical (unpaired) electrons. The number of aromatic amines is 1. The maximum absolute atomic E-state index is 6.10. The van der Waals surface area contributed by atoms with Crippen LogP contribution in [0.4, 0.5) is 11.6 Å². The number of aromatic nitrogens is 4. The second-order valence-corrected chi connectivity index (χ2v) is 5.98. The van der Waals surface area contributed by atoms with E-state index in [-0.39, 0.29) is 0 Å². The Morgan fingerprint density at radius 3 is 2.83 bits per heavy atom. The fourth-order valence-electron chi connectivity index (χ4n) is 2.61. The highest BCUT2D eigenvalue weighted by atomic mass is 35.5. The Kier molecular flexibility index (Phi) is 3.63. The highest BCUT2D eigenvalue weighted by molar-refractivity contribution is 6.30. The van der Waals surface area contributed by atoms with E-state index in [1.54, 1.807) is 12.5 Å². The zero-order valence-electron chi connectivity index (χ0n) is 12.9. The number of aryl methyl sites for hydroxylation is 1. The van der Waals surface area contributed by atoms with Crippen LogP contribution in [0.5, 0.6) is 0 Å². The maximum Gasteiger partial charge on any atom is 0.227 e. The van der Waals surface area contributed by atoms with Gasteiger partial charge >= 0.3 is 0 Å². The minimum Gasteiger partial charge on any atom is -0.345 e. The molecule has 118 valence electrons. The van der Waals surface area contributed by atoms with Gasteiger partial charge in [-0.05, 0) is 48.9 Å². The molecule has 4 aromatic rings. The molecule has 2 aromatic carbocycles. The Hall–Kier alpha value is -2.92. The molecule has 0 aliphatic carbocycles. The van der Waals surface area contributed by atoms with Crippen molar-refractivity contribution in [2.24, 2.45) is 0 Å². The largest absolute Gasteiger partial charge is 0.345 e. The summed E-state index contributed by atoms with van der Waals surface area (Å²) < 4.78 is 0. The van der Waals surface area contributed by atoms with Gasteiger partial charge in [-0.2, -0.15) is 0 Å². The van der Waals surface area contributed by atoms with Crippen molar-refractivity contribution in [2.75, 3.05) is 5.32 Å². The highest BCUT2D eigenvalue weighted by Gasteiger charge is 2.06. The van der Waals surface area contributed by atoms with E-state index in [0.29, 0.717) is 11.0 Å². The van der Waals surface area contributed by atoms with Crippen LogP contribution in [0.2, 0.25) is 5.02 Å². The number of benzene rings is 2. The predicted octanol–water partition coefficient (Wildman–Crippen LogP) is 4.73. The van der Waals surface area contributed by atoms with Gasteiger partial charge in [-0.3, -0.25) is 0 Å². The van der Waals surface area contributed by atoms with Gasteiger partial charge in [0.1, 0.15) is 0 Å². The molecule has 2 aromatic heterocycles. The molecular weight excluding hydrogens is 322 g/mol. The molecule has 4 rings (SSSR count). The molecule has 2 heterocycles. The summed E-state index contributed by atoms with van der Waals surface area (Å²) in [7, 11) is 0. The standard InChI is InChI=1S/C18H14ClN5/c1-11-6-13(19)9-14(7-11)23-18-20-5-4-15(24-18)12-2-3-16-17(8-12)22-10-21-16/h2-10H,1H3,(H,21,22)(H,20,23,24). The van der Waals surface area contributed by atoms with E-state index < -0.39 is 0 Å². The Balaban J connectivity index is 1.67. The molecule has 24 heavy (non-hydrogen) atoms. The minimum atomic E-state index is 0.527. The van der Waals surface area contributed by atoms with Crippen molar-refractivity contribution in [1.29, 1.82) is 0 Å². The molecule has 2 N–H and O–H groups in total. The first-order valence-electron chi connectivity index (χ1n) is 7.48. The number of imidazole rings is 1. The SMILES string of the molecule is Cc1cc(Cl)cc(Nc2nccc(-c3ccc4nc[nH]c4c3)n2)c1. The van der Waals surface area contributed by atoms with E-state index >= 15 is 0 Å². The van der Waals surface area contributed by atoms with Crippen LogP contribution in [0.1, 0.15) is 5.56 Å². The lowest BCUT2D eigenvalue weighted by Crippen LogP contribution is -1.98. The van der Waals surface area contributed by atoms with Gasteiger partial charge in [-0.15, -0.1) is 0 Å². The molecule has 0 saturated heterocycles. The van der Waals surface area contributed by atoms with Crippen LogP contribution in [-0.4, -0.2) is 19.9 Å². The molecule has 0 atom stereocenters. The van der Waals surface area contributed by atoms with Gasteiger partial charge in [-0.25, -0.2) is 15.0 Å². The summed E-state index contributed by atoms with van der Waals surface area (Å²) in [6.45, 7) is 1.99. The van der Waals surface area contributed by atoms with Crippen LogP contribution in [0.15, 0.2) is 55.0 Å². The Labute approximate surface area is 143 Å². The van der Waals surface area contributed by atoms with E-state index in [1.165, 1.54) is 0 Å². The fraction of sp³-hybridized carbons (Fsp3) is 0.0556. The Bertz CT molecular complexity index is 1000. The molecule has 0 bridgehead atoms. The number of hydrogen-bond donors (Lipinski definition) is 2. The number of halogens is 1. The molecule has 5 nitrogen and oxygen atoms in total. The lowest BCUT2D eigenvalue weighted by Gasteiger charge is -2.08. The third-order valence-electron chi connectivity index (χ3n) is 3.67. The zero-order valence-corrected chi connectivity index (χ0v) is 13.7. The number of anilines is 2. The summed E-state index contributed by atoms with van der Waals surface area (Å²) in [4.78, 5) is 16.2.